The van der Waals surface area contributed by atoms with Gasteiger partial charge in [-0.15, -0.1) is 15.7 Å². The molecule has 0 aliphatic heterocycles. The van der Waals surface area contributed by atoms with Crippen LogP contribution in [0.4, 0.5) is 5.00 Å². The van der Waals surface area contributed by atoms with Crippen molar-refractivity contribution in [3.8, 4) is 0 Å². The van der Waals surface area contributed by atoms with Crippen molar-refractivity contribution in [2.24, 2.45) is 4.40 Å². The van der Waals surface area contributed by atoms with Crippen molar-refractivity contribution in [2.75, 3.05) is 11.9 Å². The number of sulfonamides is 1. The molecule has 182 valence electrons. The number of hydrogen-bond donors (Lipinski definition) is 2. The summed E-state index contributed by atoms with van der Waals surface area (Å²) in [6.45, 7) is 2.04. The summed E-state index contributed by atoms with van der Waals surface area (Å²) in [5.74, 6) is -0.313. The Labute approximate surface area is 214 Å². The molecule has 0 atom stereocenters. The quantitative estimate of drug-likeness (QED) is 0.203. The minimum atomic E-state index is -3.99. The summed E-state index contributed by atoms with van der Waals surface area (Å²) in [5, 5.41) is 6.74. The lowest BCUT2D eigenvalue weighted by molar-refractivity contribution is 0.0526. The molecule has 2 N–H and O–H groups in total. The zero-order valence-electron chi connectivity index (χ0n) is 19.1. The van der Waals surface area contributed by atoms with E-state index in [1.165, 1.54) is 23.5 Å². The maximum atomic E-state index is 13.0. The molecule has 0 fully saturated rings. The molecule has 1 aliphatic carbocycles. The van der Waals surface area contributed by atoms with Gasteiger partial charge in [-0.25, -0.2) is 4.79 Å². The Balaban J connectivity index is 1.65. The molecule has 1 heterocycles. The van der Waals surface area contributed by atoms with Gasteiger partial charge in [0.15, 0.2) is 10.9 Å². The number of aryl methyl sites for hydroxylation is 1. The van der Waals surface area contributed by atoms with Crippen LogP contribution in [0.25, 0.3) is 0 Å². The number of nitrogens with zero attached hydrogens (tertiary/aromatic N) is 1. The first-order valence-electron chi connectivity index (χ1n) is 11.2. The first-order valence-corrected chi connectivity index (χ1v) is 13.9. The number of amidine groups is 1. The minimum absolute atomic E-state index is 0.0737. The average molecular weight is 528 g/mol. The van der Waals surface area contributed by atoms with Crippen molar-refractivity contribution in [3.05, 3.63) is 82.2 Å². The van der Waals surface area contributed by atoms with Crippen LogP contribution in [0, 0.1) is 0 Å². The van der Waals surface area contributed by atoms with Gasteiger partial charge in [0.2, 0.25) is 0 Å². The van der Waals surface area contributed by atoms with Crippen molar-refractivity contribution < 1.29 is 17.9 Å². The van der Waals surface area contributed by atoms with E-state index in [0.717, 1.165) is 36.1 Å². The first kappa shape index (κ1) is 25.0. The minimum Gasteiger partial charge on any atom is -0.462 e. The molecule has 0 saturated heterocycles. The standard InChI is InChI=1S/C25H25N3O4S3/c1-2-32-24(29)21-19-15-9-10-16-20(19)34-23(21)27-25(33)26-22(17-11-5-3-6-12-17)28-35(30,31)18-13-7-4-8-14-18/h3-8,11-14H,2,9-10,15-16H2,1H3,(H2,26,27,28,33). The third-order valence-corrected chi connectivity index (χ3v) is 8.11. The first-order chi connectivity index (χ1) is 16.9. The van der Waals surface area contributed by atoms with Gasteiger partial charge in [0.05, 0.1) is 17.1 Å². The predicted molar refractivity (Wildman–Crippen MR) is 143 cm³/mol. The third kappa shape index (κ3) is 5.95. The number of carbonyl (C=O) groups is 1. The highest BCUT2D eigenvalue weighted by molar-refractivity contribution is 7.90. The summed E-state index contributed by atoms with van der Waals surface area (Å²) in [7, 11) is -3.99. The molecule has 0 radical (unpaired) electrons. The molecule has 0 bridgehead atoms. The van der Waals surface area contributed by atoms with Crippen LogP contribution >= 0.6 is 23.6 Å². The Morgan fingerprint density at radius 3 is 2.40 bits per heavy atom. The second-order valence-corrected chi connectivity index (χ2v) is 10.9. The zero-order chi connectivity index (χ0) is 24.8. The van der Waals surface area contributed by atoms with Crippen LogP contribution in [-0.2, 0) is 27.6 Å². The summed E-state index contributed by atoms with van der Waals surface area (Å²) >= 11 is 7.01. The summed E-state index contributed by atoms with van der Waals surface area (Å²) in [6, 6.07) is 16.9. The van der Waals surface area contributed by atoms with E-state index < -0.39 is 10.0 Å². The van der Waals surface area contributed by atoms with Gasteiger partial charge in [0.1, 0.15) is 5.00 Å². The molecule has 3 aromatic rings. The Morgan fingerprint density at radius 2 is 1.71 bits per heavy atom. The Hall–Kier alpha value is -3.08. The van der Waals surface area contributed by atoms with Gasteiger partial charge < -0.3 is 15.4 Å². The Morgan fingerprint density at radius 1 is 1.06 bits per heavy atom. The van der Waals surface area contributed by atoms with E-state index in [2.05, 4.69) is 15.0 Å². The van der Waals surface area contributed by atoms with E-state index in [1.54, 1.807) is 49.4 Å². The summed E-state index contributed by atoms with van der Waals surface area (Å²) < 4.78 is 35.3. The van der Waals surface area contributed by atoms with Crippen LogP contribution < -0.4 is 10.6 Å². The van der Waals surface area contributed by atoms with E-state index in [0.29, 0.717) is 16.1 Å². The second-order valence-electron chi connectivity index (χ2n) is 7.81. The Kier molecular flexibility index (Phi) is 7.94. The lowest BCUT2D eigenvalue weighted by atomic mass is 9.95. The number of fused-ring (bicyclic) bond motifs is 1. The second kappa shape index (κ2) is 11.1. The summed E-state index contributed by atoms with van der Waals surface area (Å²) in [6.07, 6.45) is 3.80. The van der Waals surface area contributed by atoms with E-state index in [-0.39, 0.29) is 28.4 Å². The third-order valence-electron chi connectivity index (χ3n) is 5.41. The summed E-state index contributed by atoms with van der Waals surface area (Å²) in [4.78, 5) is 14.0. The highest BCUT2D eigenvalue weighted by Crippen LogP contribution is 2.38. The zero-order valence-corrected chi connectivity index (χ0v) is 21.6. The number of thiophene rings is 1. The van der Waals surface area contributed by atoms with E-state index >= 15 is 0 Å². The van der Waals surface area contributed by atoms with Crippen LogP contribution in [0.5, 0.6) is 0 Å². The number of rotatable bonds is 6. The van der Waals surface area contributed by atoms with Crippen molar-refractivity contribution in [3.63, 3.8) is 0 Å². The number of esters is 1. The normalized spacial score (nSPS) is 13.6. The highest BCUT2D eigenvalue weighted by atomic mass is 32.2. The monoisotopic (exact) mass is 527 g/mol. The van der Waals surface area contributed by atoms with Crippen LogP contribution in [0.15, 0.2) is 70.0 Å². The maximum absolute atomic E-state index is 13.0. The lowest BCUT2D eigenvalue weighted by Crippen LogP contribution is -2.35. The van der Waals surface area contributed by atoms with Crippen molar-refractivity contribution in [1.82, 2.24) is 5.32 Å². The number of ether oxygens (including phenoxy) is 1. The van der Waals surface area contributed by atoms with Gasteiger partial charge in [0, 0.05) is 10.4 Å². The van der Waals surface area contributed by atoms with Crippen LogP contribution in [0.2, 0.25) is 0 Å². The molecule has 0 spiro atoms. The molecule has 1 aromatic heterocycles. The molecular weight excluding hydrogens is 502 g/mol. The van der Waals surface area contributed by atoms with Crippen LogP contribution in [0.1, 0.15) is 46.1 Å². The topological polar surface area (TPSA) is 96.9 Å². The SMILES string of the molecule is CCOC(=O)c1c(NC(=S)NC(=NS(=O)(=O)c2ccccc2)c2ccccc2)sc2c1CCCC2. The maximum Gasteiger partial charge on any atom is 0.341 e. The number of benzene rings is 2. The van der Waals surface area contributed by atoms with Gasteiger partial charge in [-0.1, -0.05) is 48.5 Å². The number of thiocarbonyl (C=S) groups is 1. The average Bonchev–Trinajstić information content (AvgIpc) is 3.22. The van der Waals surface area contributed by atoms with Gasteiger partial charge in [-0.05, 0) is 62.5 Å². The molecule has 0 unspecified atom stereocenters. The van der Waals surface area contributed by atoms with E-state index in [1.807, 2.05) is 6.07 Å². The smallest absolute Gasteiger partial charge is 0.341 e. The van der Waals surface area contributed by atoms with Gasteiger partial charge in [-0.2, -0.15) is 8.42 Å². The molecule has 2 aromatic carbocycles. The Bertz CT molecular complexity index is 1350. The number of anilines is 1. The van der Waals surface area contributed by atoms with Crippen molar-refractivity contribution in [2.45, 2.75) is 37.5 Å². The predicted octanol–water partition coefficient (Wildman–Crippen LogP) is 4.93. The lowest BCUT2D eigenvalue weighted by Gasteiger charge is -2.14. The molecule has 35 heavy (non-hydrogen) atoms. The van der Waals surface area contributed by atoms with Crippen molar-refractivity contribution in [1.29, 1.82) is 0 Å². The van der Waals surface area contributed by atoms with Crippen LogP contribution in [-0.4, -0.2) is 31.9 Å². The fourth-order valence-corrected chi connectivity index (χ4v) is 6.37. The molecule has 4 rings (SSSR count). The molecule has 10 heteroatoms. The number of carbonyl (C=O) groups excluding carboxylic acids is 1. The molecule has 0 saturated carbocycles. The molecular formula is C25H25N3O4S3. The van der Waals surface area contributed by atoms with E-state index in [4.69, 9.17) is 17.0 Å². The highest BCUT2D eigenvalue weighted by Gasteiger charge is 2.27. The van der Waals surface area contributed by atoms with Gasteiger partial charge >= 0.3 is 5.97 Å². The fourth-order valence-electron chi connectivity index (χ4n) is 3.82. The molecule has 7 nitrogen and oxygen atoms in total. The molecule has 0 amide bonds. The number of nitrogens with one attached hydrogen (secondary N) is 2. The van der Waals surface area contributed by atoms with E-state index in [9.17, 15) is 13.2 Å². The largest absolute Gasteiger partial charge is 0.462 e. The van der Waals surface area contributed by atoms with Crippen molar-refractivity contribution >= 4 is 55.5 Å². The molecule has 1 aliphatic rings. The number of hydrogen-bond acceptors (Lipinski definition) is 6. The van der Waals surface area contributed by atoms with Gasteiger partial charge in [0.25, 0.3) is 10.0 Å². The fraction of sp³-hybridized carbons (Fsp3) is 0.240. The summed E-state index contributed by atoms with van der Waals surface area (Å²) in [5.41, 5.74) is 2.06. The van der Waals surface area contributed by atoms with Gasteiger partial charge in [-0.3, -0.25) is 0 Å². The van der Waals surface area contributed by atoms with Crippen LogP contribution in [0.3, 0.4) is 0 Å².